The zero-order chi connectivity index (χ0) is 31.2. The standard InChI is InChI=1S/2C12H24O2.C10H20O2/c1-3-4-5-6-7-8-9-11(2)10-12(13)14;1-3-5-7-9-11(12(13)14)10-8-6-4-2;1-4-9(8(2)3)6-5-7-10(11)12/h2*11H,3-10H2,1-2H3,(H,13,14);8-9H,4-7H2,1-3H3,(H,11,12). The van der Waals surface area contributed by atoms with Gasteiger partial charge in [0.05, 0.1) is 5.92 Å². The summed E-state index contributed by atoms with van der Waals surface area (Å²) >= 11 is 0. The highest BCUT2D eigenvalue weighted by molar-refractivity contribution is 5.69. The van der Waals surface area contributed by atoms with E-state index in [2.05, 4.69) is 41.5 Å². The molecule has 3 N–H and O–H groups in total. The lowest BCUT2D eigenvalue weighted by atomic mass is 9.88. The van der Waals surface area contributed by atoms with Gasteiger partial charge in [0.15, 0.2) is 0 Å². The first kappa shape index (κ1) is 42.9. The molecule has 0 rings (SSSR count). The van der Waals surface area contributed by atoms with Crippen LogP contribution in [0.2, 0.25) is 0 Å². The van der Waals surface area contributed by atoms with E-state index in [4.69, 9.17) is 15.3 Å². The second-order valence-corrected chi connectivity index (χ2v) is 12.0. The van der Waals surface area contributed by atoms with Crippen molar-refractivity contribution < 1.29 is 29.7 Å². The zero-order valence-corrected chi connectivity index (χ0v) is 27.5. The van der Waals surface area contributed by atoms with Gasteiger partial charge in [-0.05, 0) is 43.4 Å². The maximum atomic E-state index is 10.9. The van der Waals surface area contributed by atoms with Gasteiger partial charge in [0.2, 0.25) is 0 Å². The predicted molar refractivity (Wildman–Crippen MR) is 169 cm³/mol. The van der Waals surface area contributed by atoms with Gasteiger partial charge in [0, 0.05) is 12.8 Å². The van der Waals surface area contributed by atoms with Crippen molar-refractivity contribution in [3.8, 4) is 0 Å². The monoisotopic (exact) mass is 573 g/mol. The first-order valence-corrected chi connectivity index (χ1v) is 16.6. The van der Waals surface area contributed by atoms with E-state index >= 15 is 0 Å². The van der Waals surface area contributed by atoms with Crippen molar-refractivity contribution in [3.63, 3.8) is 0 Å². The van der Waals surface area contributed by atoms with E-state index in [1.807, 2.05) is 6.92 Å². The van der Waals surface area contributed by atoms with Crippen LogP contribution in [-0.2, 0) is 14.4 Å². The molecule has 0 aliphatic carbocycles. The summed E-state index contributed by atoms with van der Waals surface area (Å²) in [5.74, 6) is -0.297. The third-order valence-electron chi connectivity index (χ3n) is 7.67. The van der Waals surface area contributed by atoms with Gasteiger partial charge in [-0.15, -0.1) is 0 Å². The minimum Gasteiger partial charge on any atom is -0.481 e. The van der Waals surface area contributed by atoms with Crippen LogP contribution in [0, 0.1) is 23.7 Å². The number of rotatable bonds is 24. The first-order chi connectivity index (χ1) is 19.0. The molecular formula is C34H68O6. The lowest BCUT2D eigenvalue weighted by molar-refractivity contribution is -0.142. The molecule has 2 unspecified atom stereocenters. The van der Waals surface area contributed by atoms with Crippen molar-refractivity contribution in [2.45, 2.75) is 177 Å². The molecule has 0 radical (unpaired) electrons. The van der Waals surface area contributed by atoms with E-state index in [0.29, 0.717) is 30.6 Å². The van der Waals surface area contributed by atoms with Crippen molar-refractivity contribution in [1.82, 2.24) is 0 Å². The normalized spacial score (nSPS) is 12.2. The Morgan fingerprint density at radius 1 is 0.550 bits per heavy atom. The average molecular weight is 573 g/mol. The second kappa shape index (κ2) is 31.9. The molecule has 240 valence electrons. The second-order valence-electron chi connectivity index (χ2n) is 12.0. The Kier molecular flexibility index (Phi) is 34.2. The smallest absolute Gasteiger partial charge is 0.306 e. The summed E-state index contributed by atoms with van der Waals surface area (Å²) < 4.78 is 0. The maximum absolute atomic E-state index is 10.9. The first-order valence-electron chi connectivity index (χ1n) is 16.6. The quantitative estimate of drug-likeness (QED) is 0.0992. The zero-order valence-electron chi connectivity index (χ0n) is 27.5. The SMILES string of the molecule is CCC(CCCC(=O)O)C(C)C.CCCCCC(CCCCC)C(=O)O.CCCCCCCCC(C)CC(=O)O. The van der Waals surface area contributed by atoms with Gasteiger partial charge in [-0.1, -0.05) is 138 Å². The molecule has 6 heteroatoms. The van der Waals surface area contributed by atoms with Gasteiger partial charge in [-0.25, -0.2) is 0 Å². The molecule has 0 saturated heterocycles. The molecule has 0 aromatic rings. The van der Waals surface area contributed by atoms with E-state index in [1.54, 1.807) is 0 Å². The Labute approximate surface area is 248 Å². The third-order valence-corrected chi connectivity index (χ3v) is 7.67. The molecule has 0 aliphatic heterocycles. The lowest BCUT2D eigenvalue weighted by Crippen LogP contribution is -2.13. The third kappa shape index (κ3) is 34.4. The topological polar surface area (TPSA) is 112 Å². The maximum Gasteiger partial charge on any atom is 0.306 e. The number of aliphatic carboxylic acids is 3. The van der Waals surface area contributed by atoms with Crippen LogP contribution in [0.15, 0.2) is 0 Å². The van der Waals surface area contributed by atoms with E-state index in [1.165, 1.54) is 51.4 Å². The molecular weight excluding hydrogens is 504 g/mol. The van der Waals surface area contributed by atoms with Crippen molar-refractivity contribution in [2.75, 3.05) is 0 Å². The van der Waals surface area contributed by atoms with Crippen LogP contribution in [0.5, 0.6) is 0 Å². The van der Waals surface area contributed by atoms with Crippen LogP contribution in [0.25, 0.3) is 0 Å². The summed E-state index contributed by atoms with van der Waals surface area (Å²) in [4.78, 5) is 31.5. The fourth-order valence-corrected chi connectivity index (χ4v) is 4.87. The molecule has 0 aliphatic rings. The number of hydrogen-bond donors (Lipinski definition) is 3. The summed E-state index contributed by atoms with van der Waals surface area (Å²) in [7, 11) is 0. The average Bonchev–Trinajstić information content (AvgIpc) is 2.88. The van der Waals surface area contributed by atoms with Gasteiger partial charge < -0.3 is 15.3 Å². The van der Waals surface area contributed by atoms with Crippen LogP contribution >= 0.6 is 0 Å². The van der Waals surface area contributed by atoms with Gasteiger partial charge in [-0.2, -0.15) is 0 Å². The van der Waals surface area contributed by atoms with Crippen molar-refractivity contribution in [2.24, 2.45) is 23.7 Å². The summed E-state index contributed by atoms with van der Waals surface area (Å²) in [6, 6.07) is 0. The Morgan fingerprint density at radius 2 is 1.00 bits per heavy atom. The van der Waals surface area contributed by atoms with Crippen LogP contribution in [0.1, 0.15) is 177 Å². The van der Waals surface area contributed by atoms with Crippen molar-refractivity contribution in [1.29, 1.82) is 0 Å². The minimum absolute atomic E-state index is 0.0897. The molecule has 2 atom stereocenters. The fourth-order valence-electron chi connectivity index (χ4n) is 4.87. The van der Waals surface area contributed by atoms with Crippen LogP contribution in [0.3, 0.4) is 0 Å². The number of hydrogen-bond acceptors (Lipinski definition) is 3. The molecule has 0 aromatic carbocycles. The summed E-state index contributed by atoms with van der Waals surface area (Å²) in [5.41, 5.74) is 0. The summed E-state index contributed by atoms with van der Waals surface area (Å²) in [6.07, 6.45) is 21.0. The Bertz CT molecular complexity index is 565. The van der Waals surface area contributed by atoms with Gasteiger partial charge in [-0.3, -0.25) is 14.4 Å². The van der Waals surface area contributed by atoms with Crippen molar-refractivity contribution >= 4 is 17.9 Å². The lowest BCUT2D eigenvalue weighted by Gasteiger charge is -2.17. The molecule has 0 bridgehead atoms. The van der Waals surface area contributed by atoms with Gasteiger partial charge >= 0.3 is 17.9 Å². The van der Waals surface area contributed by atoms with E-state index in [-0.39, 0.29) is 5.92 Å². The number of carbonyl (C=O) groups is 3. The van der Waals surface area contributed by atoms with Crippen LogP contribution in [-0.4, -0.2) is 33.2 Å². The van der Waals surface area contributed by atoms with E-state index < -0.39 is 17.9 Å². The van der Waals surface area contributed by atoms with E-state index in [9.17, 15) is 14.4 Å². The molecule has 0 spiro atoms. The number of carboxylic acids is 3. The van der Waals surface area contributed by atoms with Gasteiger partial charge in [0.25, 0.3) is 0 Å². The van der Waals surface area contributed by atoms with Crippen molar-refractivity contribution in [3.05, 3.63) is 0 Å². The van der Waals surface area contributed by atoms with Crippen LogP contribution < -0.4 is 0 Å². The highest BCUT2D eigenvalue weighted by atomic mass is 16.4. The molecule has 0 saturated carbocycles. The molecule has 6 nitrogen and oxygen atoms in total. The summed E-state index contributed by atoms with van der Waals surface area (Å²) in [6.45, 7) is 15.1. The Hall–Kier alpha value is -1.59. The highest BCUT2D eigenvalue weighted by Crippen LogP contribution is 2.21. The van der Waals surface area contributed by atoms with E-state index in [0.717, 1.165) is 64.2 Å². The highest BCUT2D eigenvalue weighted by Gasteiger charge is 2.15. The predicted octanol–water partition coefficient (Wildman–Crippen LogP) is 10.6. The molecule has 0 aromatic heterocycles. The molecule has 0 fully saturated rings. The Balaban J connectivity index is -0.000000515. The van der Waals surface area contributed by atoms with Crippen LogP contribution in [0.4, 0.5) is 0 Å². The number of carboxylic acid groups (broad SMARTS) is 3. The molecule has 40 heavy (non-hydrogen) atoms. The summed E-state index contributed by atoms with van der Waals surface area (Å²) in [5, 5.41) is 26.0. The fraction of sp³-hybridized carbons (Fsp3) is 0.912. The van der Waals surface area contributed by atoms with Gasteiger partial charge in [0.1, 0.15) is 0 Å². The largest absolute Gasteiger partial charge is 0.481 e. The Morgan fingerprint density at radius 3 is 1.40 bits per heavy atom. The number of unbranched alkanes of at least 4 members (excludes halogenated alkanes) is 9. The minimum atomic E-state index is -0.673. The molecule has 0 heterocycles. The molecule has 0 amide bonds.